The minimum Gasteiger partial charge on any atom is -0.496 e. The first-order chi connectivity index (χ1) is 10.1. The van der Waals surface area contributed by atoms with Gasteiger partial charge in [0.15, 0.2) is 0 Å². The molecule has 0 saturated carbocycles. The monoisotopic (exact) mass is 392 g/mol. The van der Waals surface area contributed by atoms with E-state index in [9.17, 15) is 4.79 Å². The van der Waals surface area contributed by atoms with Gasteiger partial charge in [0.2, 0.25) is 0 Å². The van der Waals surface area contributed by atoms with E-state index in [-0.39, 0.29) is 5.56 Å². The molecule has 1 heterocycles. The van der Waals surface area contributed by atoms with Gasteiger partial charge in [-0.15, -0.1) is 0 Å². The second-order valence-corrected chi connectivity index (χ2v) is 5.75. The maximum absolute atomic E-state index is 12.0. The zero-order valence-electron chi connectivity index (χ0n) is 11.6. The van der Waals surface area contributed by atoms with Crippen LogP contribution >= 0.6 is 22.6 Å². The maximum atomic E-state index is 12.0. The molecule has 0 fully saturated rings. The molecule has 0 unspecified atom stereocenters. The Morgan fingerprint density at radius 3 is 2.52 bits per heavy atom. The zero-order valence-corrected chi connectivity index (χ0v) is 13.8. The van der Waals surface area contributed by atoms with Crippen LogP contribution in [-0.4, -0.2) is 17.1 Å². The van der Waals surface area contributed by atoms with Gasteiger partial charge in [0.05, 0.1) is 16.4 Å². The quantitative estimate of drug-likeness (QED) is 0.680. The molecule has 4 nitrogen and oxygen atoms in total. The molecule has 5 heteroatoms. The van der Waals surface area contributed by atoms with Crippen molar-refractivity contribution < 1.29 is 4.74 Å². The molecule has 3 rings (SSSR count). The molecule has 0 aliphatic rings. The van der Waals surface area contributed by atoms with Gasteiger partial charge in [-0.1, -0.05) is 24.3 Å². The third-order valence-corrected chi connectivity index (χ3v) is 4.66. The molecule has 1 N–H and O–H groups in total. The van der Waals surface area contributed by atoms with E-state index in [2.05, 4.69) is 9.97 Å². The van der Waals surface area contributed by atoms with Crippen molar-refractivity contribution in [1.29, 1.82) is 0 Å². The summed E-state index contributed by atoms with van der Waals surface area (Å²) in [5.74, 6) is 1.38. The Labute approximate surface area is 135 Å². The Balaban J connectivity index is 2.34. The summed E-state index contributed by atoms with van der Waals surface area (Å²) in [6.07, 6.45) is 0. The van der Waals surface area contributed by atoms with Crippen molar-refractivity contribution in [2.75, 3.05) is 7.11 Å². The molecule has 21 heavy (non-hydrogen) atoms. The molecule has 0 aliphatic carbocycles. The number of ether oxygens (including phenoxy) is 1. The number of benzene rings is 2. The average Bonchev–Trinajstić information content (AvgIpc) is 2.51. The van der Waals surface area contributed by atoms with E-state index in [1.54, 1.807) is 7.11 Å². The lowest BCUT2D eigenvalue weighted by molar-refractivity contribution is 0.420. The Morgan fingerprint density at radius 2 is 1.86 bits per heavy atom. The average molecular weight is 392 g/mol. The molecule has 0 spiro atoms. The first-order valence-electron chi connectivity index (χ1n) is 6.44. The van der Waals surface area contributed by atoms with Crippen molar-refractivity contribution >= 4 is 33.4 Å². The molecular formula is C16H13IN2O2. The van der Waals surface area contributed by atoms with Gasteiger partial charge >= 0.3 is 0 Å². The van der Waals surface area contributed by atoms with Gasteiger partial charge in [0.25, 0.3) is 5.56 Å². The van der Waals surface area contributed by atoms with Gasteiger partial charge in [-0.3, -0.25) is 4.79 Å². The number of nitrogens with zero attached hydrogens (tertiary/aromatic N) is 1. The number of rotatable bonds is 2. The van der Waals surface area contributed by atoms with Crippen LogP contribution in [0.3, 0.4) is 0 Å². The summed E-state index contributed by atoms with van der Waals surface area (Å²) in [7, 11) is 1.65. The predicted octanol–water partition coefficient (Wildman–Crippen LogP) is 3.51. The number of H-pyrrole nitrogens is 1. The topological polar surface area (TPSA) is 55.0 Å². The molecule has 1 aromatic heterocycles. The van der Waals surface area contributed by atoms with Crippen LogP contribution in [0.4, 0.5) is 0 Å². The first kappa shape index (κ1) is 14.1. The fourth-order valence-corrected chi connectivity index (χ4v) is 2.61. The van der Waals surface area contributed by atoms with E-state index in [0.29, 0.717) is 9.39 Å². The van der Waals surface area contributed by atoms with Gasteiger partial charge in [0.1, 0.15) is 11.6 Å². The van der Waals surface area contributed by atoms with E-state index < -0.39 is 0 Å². The van der Waals surface area contributed by atoms with Crippen molar-refractivity contribution in [3.63, 3.8) is 0 Å². The van der Waals surface area contributed by atoms with Gasteiger partial charge in [-0.2, -0.15) is 0 Å². The maximum Gasteiger partial charge on any atom is 0.264 e. The number of fused-ring (bicyclic) bond motifs is 1. The Morgan fingerprint density at radius 1 is 1.14 bits per heavy atom. The van der Waals surface area contributed by atoms with E-state index in [4.69, 9.17) is 4.74 Å². The van der Waals surface area contributed by atoms with Crippen molar-refractivity contribution in [2.24, 2.45) is 0 Å². The summed E-state index contributed by atoms with van der Waals surface area (Å²) in [5.41, 5.74) is 1.51. The van der Waals surface area contributed by atoms with Crippen LogP contribution in [0.5, 0.6) is 5.75 Å². The number of aromatic amines is 1. The Hall–Kier alpha value is -1.89. The molecule has 0 amide bonds. The van der Waals surface area contributed by atoms with Crippen LogP contribution in [-0.2, 0) is 0 Å². The first-order valence-corrected chi connectivity index (χ1v) is 7.52. The highest BCUT2D eigenvalue weighted by Gasteiger charge is 2.12. The number of aromatic nitrogens is 2. The van der Waals surface area contributed by atoms with Crippen molar-refractivity contribution in [3.8, 4) is 17.1 Å². The molecule has 0 aliphatic heterocycles. The largest absolute Gasteiger partial charge is 0.496 e. The molecule has 0 bridgehead atoms. The zero-order chi connectivity index (χ0) is 15.0. The minimum absolute atomic E-state index is 0.113. The van der Waals surface area contributed by atoms with Gasteiger partial charge < -0.3 is 9.72 Å². The Kier molecular flexibility index (Phi) is 3.67. The van der Waals surface area contributed by atoms with Crippen molar-refractivity contribution in [3.05, 3.63) is 56.0 Å². The Bertz CT molecular complexity index is 887. The molecule has 0 radical (unpaired) electrons. The van der Waals surface area contributed by atoms with Crippen molar-refractivity contribution in [2.45, 2.75) is 6.92 Å². The highest BCUT2D eigenvalue weighted by molar-refractivity contribution is 14.1. The van der Waals surface area contributed by atoms with Crippen LogP contribution in [0.15, 0.2) is 41.2 Å². The number of methoxy groups -OCH3 is 1. The molecular weight excluding hydrogens is 379 g/mol. The van der Waals surface area contributed by atoms with Crippen LogP contribution in [0.25, 0.3) is 22.2 Å². The fraction of sp³-hybridized carbons (Fsp3) is 0.125. The third-order valence-electron chi connectivity index (χ3n) is 3.39. The molecule has 2 aromatic carbocycles. The van der Waals surface area contributed by atoms with Crippen LogP contribution in [0, 0.1) is 10.5 Å². The SMILES string of the molecule is COc1ccc(-c2nc(C)c(I)c(=O)[nH]2)c2ccccc12. The number of nitrogens with one attached hydrogen (secondary N) is 1. The number of hydrogen-bond donors (Lipinski definition) is 1. The fourth-order valence-electron chi connectivity index (χ4n) is 2.35. The number of halogens is 1. The van der Waals surface area contributed by atoms with E-state index in [1.807, 2.05) is 65.9 Å². The van der Waals surface area contributed by atoms with Crippen LogP contribution in [0.1, 0.15) is 5.69 Å². The molecule has 106 valence electrons. The summed E-state index contributed by atoms with van der Waals surface area (Å²) in [5, 5.41) is 2.00. The summed E-state index contributed by atoms with van der Waals surface area (Å²) >= 11 is 2.01. The smallest absolute Gasteiger partial charge is 0.264 e. The summed E-state index contributed by atoms with van der Waals surface area (Å²) < 4.78 is 6.01. The predicted molar refractivity (Wildman–Crippen MR) is 91.8 cm³/mol. The third kappa shape index (κ3) is 2.42. The van der Waals surface area contributed by atoms with E-state index in [1.165, 1.54) is 0 Å². The van der Waals surface area contributed by atoms with Gasteiger partial charge in [0, 0.05) is 10.9 Å². The summed E-state index contributed by atoms with van der Waals surface area (Å²) in [6, 6.07) is 11.7. The van der Waals surface area contributed by atoms with Gasteiger partial charge in [-0.25, -0.2) is 4.98 Å². The van der Waals surface area contributed by atoms with Crippen molar-refractivity contribution in [1.82, 2.24) is 9.97 Å². The molecule has 0 saturated heterocycles. The second kappa shape index (κ2) is 5.48. The lowest BCUT2D eigenvalue weighted by Crippen LogP contribution is -2.14. The van der Waals surface area contributed by atoms with E-state index in [0.717, 1.165) is 27.8 Å². The minimum atomic E-state index is -0.113. The highest BCUT2D eigenvalue weighted by atomic mass is 127. The normalized spacial score (nSPS) is 10.8. The van der Waals surface area contributed by atoms with Crippen LogP contribution < -0.4 is 10.3 Å². The second-order valence-electron chi connectivity index (χ2n) is 4.67. The summed E-state index contributed by atoms with van der Waals surface area (Å²) in [6.45, 7) is 1.84. The van der Waals surface area contributed by atoms with Gasteiger partial charge in [-0.05, 0) is 47.0 Å². The molecule has 0 atom stereocenters. The standard InChI is InChI=1S/C16H13IN2O2/c1-9-14(17)16(20)19-15(18-9)12-7-8-13(21-2)11-6-4-3-5-10(11)12/h3-8H,1-2H3,(H,18,19,20). The lowest BCUT2D eigenvalue weighted by Gasteiger charge is -2.10. The number of aryl methyl sites for hydroxylation is 1. The summed E-state index contributed by atoms with van der Waals surface area (Å²) in [4.78, 5) is 19.3. The van der Waals surface area contributed by atoms with Crippen LogP contribution in [0.2, 0.25) is 0 Å². The lowest BCUT2D eigenvalue weighted by atomic mass is 10.0. The van der Waals surface area contributed by atoms with E-state index >= 15 is 0 Å². The molecule has 3 aromatic rings. The number of hydrogen-bond acceptors (Lipinski definition) is 3. The highest BCUT2D eigenvalue weighted by Crippen LogP contribution is 2.32.